The summed E-state index contributed by atoms with van der Waals surface area (Å²) in [5.41, 5.74) is 6.45. The van der Waals surface area contributed by atoms with Gasteiger partial charge in [-0.3, -0.25) is 0 Å². The van der Waals surface area contributed by atoms with Gasteiger partial charge in [0.15, 0.2) is 0 Å². The van der Waals surface area contributed by atoms with E-state index in [1.165, 1.54) is 0 Å². The van der Waals surface area contributed by atoms with Crippen LogP contribution in [0.25, 0.3) is 0 Å². The lowest BCUT2D eigenvalue weighted by Crippen LogP contribution is -2.26. The van der Waals surface area contributed by atoms with Gasteiger partial charge in [0.2, 0.25) is 10.0 Å². The number of benzene rings is 1. The van der Waals surface area contributed by atoms with Crippen LogP contribution in [0.2, 0.25) is 0 Å². The first-order chi connectivity index (χ1) is 7.97. The van der Waals surface area contributed by atoms with Gasteiger partial charge in [0.25, 0.3) is 0 Å². The van der Waals surface area contributed by atoms with Gasteiger partial charge in [0.05, 0.1) is 4.90 Å². The van der Waals surface area contributed by atoms with Crippen molar-refractivity contribution >= 4 is 10.0 Å². The molecule has 0 aliphatic heterocycles. The van der Waals surface area contributed by atoms with E-state index in [4.69, 9.17) is 5.73 Å². The first-order valence-electron chi connectivity index (χ1n) is 5.77. The molecule has 1 aromatic carbocycles. The molecule has 0 atom stereocenters. The van der Waals surface area contributed by atoms with Crippen LogP contribution >= 0.6 is 0 Å². The van der Waals surface area contributed by atoms with Gasteiger partial charge < -0.3 is 5.73 Å². The molecule has 0 unspecified atom stereocenters. The van der Waals surface area contributed by atoms with E-state index in [9.17, 15) is 8.42 Å². The Labute approximate surface area is 103 Å². The lowest BCUT2D eigenvalue weighted by Gasteiger charge is -2.08. The van der Waals surface area contributed by atoms with E-state index in [0.717, 1.165) is 5.56 Å². The summed E-state index contributed by atoms with van der Waals surface area (Å²) >= 11 is 0. The molecule has 0 bridgehead atoms. The Bertz CT molecular complexity index is 438. The fraction of sp³-hybridized carbons (Fsp3) is 0.500. The molecule has 0 saturated carbocycles. The van der Waals surface area contributed by atoms with Crippen molar-refractivity contribution in [1.29, 1.82) is 0 Å². The summed E-state index contributed by atoms with van der Waals surface area (Å²) in [6, 6.07) is 6.98. The van der Waals surface area contributed by atoms with Crippen LogP contribution < -0.4 is 10.5 Å². The lowest BCUT2D eigenvalue weighted by molar-refractivity contribution is 0.579. The quantitative estimate of drug-likeness (QED) is 0.756. The van der Waals surface area contributed by atoms with Crippen LogP contribution in [0, 0.1) is 0 Å². The molecule has 0 aromatic heterocycles. The van der Waals surface area contributed by atoms with Crippen LogP contribution in [0.3, 0.4) is 0 Å². The number of sulfonamides is 1. The summed E-state index contributed by atoms with van der Waals surface area (Å²) in [5, 5.41) is 0. The van der Waals surface area contributed by atoms with Gasteiger partial charge >= 0.3 is 0 Å². The smallest absolute Gasteiger partial charge is 0.240 e. The van der Waals surface area contributed by atoms with Gasteiger partial charge in [-0.25, -0.2) is 13.1 Å². The van der Waals surface area contributed by atoms with Crippen LogP contribution in [0.15, 0.2) is 29.2 Å². The molecule has 0 radical (unpaired) electrons. The Balaban J connectivity index is 2.78. The topological polar surface area (TPSA) is 72.2 Å². The van der Waals surface area contributed by atoms with Crippen molar-refractivity contribution in [3.63, 3.8) is 0 Å². The first kappa shape index (κ1) is 14.2. The van der Waals surface area contributed by atoms with E-state index in [1.807, 2.05) is 12.1 Å². The average Bonchev–Trinajstić information content (AvgIpc) is 2.29. The van der Waals surface area contributed by atoms with E-state index in [-0.39, 0.29) is 0 Å². The molecule has 96 valence electrons. The predicted octanol–water partition coefficient (Wildman–Crippen LogP) is 1.44. The van der Waals surface area contributed by atoms with Crippen LogP contribution in [0.1, 0.15) is 31.7 Å². The minimum Gasteiger partial charge on any atom is -0.330 e. The third-order valence-corrected chi connectivity index (χ3v) is 4.01. The molecule has 0 aliphatic rings. The molecule has 0 fully saturated rings. The molecule has 1 rings (SSSR count). The largest absolute Gasteiger partial charge is 0.330 e. The zero-order chi connectivity index (χ0) is 12.9. The third-order valence-electron chi connectivity index (χ3n) is 2.53. The van der Waals surface area contributed by atoms with Crippen molar-refractivity contribution in [3.8, 4) is 0 Å². The number of rotatable bonds is 6. The SMILES string of the molecule is CC(C)c1ccc(S(=O)(=O)NCCCN)cc1. The summed E-state index contributed by atoms with van der Waals surface area (Å²) in [6.45, 7) is 5.01. The molecule has 0 amide bonds. The highest BCUT2D eigenvalue weighted by Crippen LogP contribution is 2.17. The van der Waals surface area contributed by atoms with E-state index >= 15 is 0 Å². The Hall–Kier alpha value is -0.910. The van der Waals surface area contributed by atoms with E-state index < -0.39 is 10.0 Å². The molecule has 0 aliphatic carbocycles. The number of hydrogen-bond donors (Lipinski definition) is 2. The van der Waals surface area contributed by atoms with E-state index in [0.29, 0.717) is 30.3 Å². The fourth-order valence-electron chi connectivity index (χ4n) is 1.42. The molecule has 0 heterocycles. The zero-order valence-corrected chi connectivity index (χ0v) is 11.1. The highest BCUT2D eigenvalue weighted by molar-refractivity contribution is 7.89. The predicted molar refractivity (Wildman–Crippen MR) is 69.4 cm³/mol. The number of hydrogen-bond acceptors (Lipinski definition) is 3. The summed E-state index contributed by atoms with van der Waals surface area (Å²) in [5.74, 6) is 0.400. The van der Waals surface area contributed by atoms with Crippen molar-refractivity contribution in [3.05, 3.63) is 29.8 Å². The molecule has 1 aromatic rings. The summed E-state index contributed by atoms with van der Waals surface area (Å²) < 4.78 is 26.2. The van der Waals surface area contributed by atoms with Crippen molar-refractivity contribution < 1.29 is 8.42 Å². The minimum absolute atomic E-state index is 0.305. The summed E-state index contributed by atoms with van der Waals surface area (Å²) in [6.07, 6.45) is 0.642. The van der Waals surface area contributed by atoms with Crippen LogP contribution in [0.4, 0.5) is 0 Å². The summed E-state index contributed by atoms with van der Waals surface area (Å²) in [4.78, 5) is 0.305. The number of nitrogens with two attached hydrogens (primary N) is 1. The van der Waals surface area contributed by atoms with Gasteiger partial charge in [-0.05, 0) is 36.6 Å². The highest BCUT2D eigenvalue weighted by atomic mass is 32.2. The third kappa shape index (κ3) is 4.11. The highest BCUT2D eigenvalue weighted by Gasteiger charge is 2.12. The summed E-state index contributed by atoms with van der Waals surface area (Å²) in [7, 11) is -3.38. The maximum absolute atomic E-state index is 11.8. The second-order valence-electron chi connectivity index (χ2n) is 4.26. The van der Waals surface area contributed by atoms with Crippen molar-refractivity contribution in [2.24, 2.45) is 5.73 Å². The maximum Gasteiger partial charge on any atom is 0.240 e. The average molecular weight is 256 g/mol. The Kier molecular flexibility index (Phi) is 5.11. The Morgan fingerprint density at radius 2 is 1.82 bits per heavy atom. The molecule has 4 nitrogen and oxygen atoms in total. The monoisotopic (exact) mass is 256 g/mol. The second-order valence-corrected chi connectivity index (χ2v) is 6.03. The Morgan fingerprint density at radius 1 is 1.24 bits per heavy atom. The van der Waals surface area contributed by atoms with Crippen molar-refractivity contribution in [2.45, 2.75) is 31.1 Å². The molecule has 17 heavy (non-hydrogen) atoms. The lowest BCUT2D eigenvalue weighted by atomic mass is 10.0. The normalized spacial score (nSPS) is 12.0. The molecule has 0 spiro atoms. The fourth-order valence-corrected chi connectivity index (χ4v) is 2.50. The standard InChI is InChI=1S/C12H20N2O2S/c1-10(2)11-4-6-12(7-5-11)17(15,16)14-9-3-8-13/h4-7,10,14H,3,8-9,13H2,1-2H3. The second kappa shape index (κ2) is 6.14. The molecule has 5 heteroatoms. The zero-order valence-electron chi connectivity index (χ0n) is 10.3. The minimum atomic E-state index is -3.38. The van der Waals surface area contributed by atoms with Crippen LogP contribution in [-0.2, 0) is 10.0 Å². The maximum atomic E-state index is 11.8. The molecule has 0 saturated heterocycles. The van der Waals surface area contributed by atoms with Crippen LogP contribution in [-0.4, -0.2) is 21.5 Å². The van der Waals surface area contributed by atoms with Crippen molar-refractivity contribution in [2.75, 3.05) is 13.1 Å². The Morgan fingerprint density at radius 3 is 2.29 bits per heavy atom. The van der Waals surface area contributed by atoms with Gasteiger partial charge in [0.1, 0.15) is 0 Å². The van der Waals surface area contributed by atoms with E-state index in [1.54, 1.807) is 12.1 Å². The van der Waals surface area contributed by atoms with Crippen molar-refractivity contribution in [1.82, 2.24) is 4.72 Å². The van der Waals surface area contributed by atoms with Crippen LogP contribution in [0.5, 0.6) is 0 Å². The van der Waals surface area contributed by atoms with Gasteiger partial charge in [-0.2, -0.15) is 0 Å². The first-order valence-corrected chi connectivity index (χ1v) is 7.25. The van der Waals surface area contributed by atoms with Gasteiger partial charge in [-0.15, -0.1) is 0 Å². The number of nitrogens with one attached hydrogen (secondary N) is 1. The van der Waals surface area contributed by atoms with E-state index in [2.05, 4.69) is 18.6 Å². The van der Waals surface area contributed by atoms with Gasteiger partial charge in [0, 0.05) is 6.54 Å². The van der Waals surface area contributed by atoms with Gasteiger partial charge in [-0.1, -0.05) is 26.0 Å². The molecule has 3 N–H and O–H groups in total. The molecular formula is C12H20N2O2S. The molecular weight excluding hydrogens is 236 g/mol.